The Kier molecular flexibility index (Phi) is 2.97. The molecule has 18 heavy (non-hydrogen) atoms. The molecule has 2 aromatic rings. The molecule has 0 unspecified atom stereocenters. The highest BCUT2D eigenvalue weighted by Gasteiger charge is 2.14. The summed E-state index contributed by atoms with van der Waals surface area (Å²) < 4.78 is 7.59. The number of aromatic nitrogens is 1. The molecule has 0 aliphatic carbocycles. The number of fused-ring (bicyclic) bond motifs is 1. The van der Waals surface area contributed by atoms with Crippen molar-refractivity contribution in [1.29, 1.82) is 0 Å². The van der Waals surface area contributed by atoms with E-state index in [1.54, 1.807) is 0 Å². The second kappa shape index (κ2) is 4.63. The van der Waals surface area contributed by atoms with Crippen molar-refractivity contribution in [3.8, 4) is 0 Å². The van der Waals surface area contributed by atoms with Crippen LogP contribution in [0.1, 0.15) is 5.69 Å². The number of hydrogen-bond acceptors (Lipinski definition) is 3. The van der Waals surface area contributed by atoms with Crippen LogP contribution in [0.2, 0.25) is 0 Å². The SMILES string of the molecule is Cn1c(CN2CCOCC2)cc2cccc(N)c21. The lowest BCUT2D eigenvalue weighted by molar-refractivity contribution is 0.0333. The maximum absolute atomic E-state index is 6.05. The second-order valence-electron chi connectivity index (χ2n) is 4.87. The van der Waals surface area contributed by atoms with Crippen molar-refractivity contribution in [1.82, 2.24) is 9.47 Å². The van der Waals surface area contributed by atoms with Gasteiger partial charge in [-0.25, -0.2) is 0 Å². The number of aryl methyl sites for hydroxylation is 1. The molecule has 1 aromatic heterocycles. The fourth-order valence-corrected chi connectivity index (χ4v) is 2.64. The van der Waals surface area contributed by atoms with E-state index in [2.05, 4.69) is 28.6 Å². The summed E-state index contributed by atoms with van der Waals surface area (Å²) in [6.07, 6.45) is 0. The van der Waals surface area contributed by atoms with Gasteiger partial charge < -0.3 is 15.0 Å². The van der Waals surface area contributed by atoms with Crippen LogP contribution in [0.15, 0.2) is 24.3 Å². The minimum absolute atomic E-state index is 0.839. The molecule has 2 heterocycles. The summed E-state index contributed by atoms with van der Waals surface area (Å²) >= 11 is 0. The van der Waals surface area contributed by atoms with E-state index in [1.807, 2.05) is 12.1 Å². The van der Waals surface area contributed by atoms with Crippen LogP contribution in [0, 0.1) is 0 Å². The Hall–Kier alpha value is -1.52. The molecule has 1 aliphatic rings. The first kappa shape index (κ1) is 11.6. The van der Waals surface area contributed by atoms with Gasteiger partial charge in [0.05, 0.1) is 24.4 Å². The van der Waals surface area contributed by atoms with Gasteiger partial charge in [0, 0.05) is 37.8 Å². The maximum Gasteiger partial charge on any atom is 0.0713 e. The lowest BCUT2D eigenvalue weighted by Gasteiger charge is -2.26. The van der Waals surface area contributed by atoms with Crippen LogP contribution in [0.5, 0.6) is 0 Å². The van der Waals surface area contributed by atoms with Crippen molar-refractivity contribution >= 4 is 16.6 Å². The van der Waals surface area contributed by atoms with Crippen molar-refractivity contribution < 1.29 is 4.74 Å². The number of nitrogens with two attached hydrogens (primary N) is 1. The van der Waals surface area contributed by atoms with Gasteiger partial charge in [-0.3, -0.25) is 4.90 Å². The number of morpholine rings is 1. The van der Waals surface area contributed by atoms with E-state index < -0.39 is 0 Å². The van der Waals surface area contributed by atoms with Crippen LogP contribution < -0.4 is 5.73 Å². The highest BCUT2D eigenvalue weighted by atomic mass is 16.5. The first-order valence-corrected chi connectivity index (χ1v) is 6.38. The molecule has 96 valence electrons. The van der Waals surface area contributed by atoms with E-state index in [0.717, 1.165) is 44.1 Å². The minimum Gasteiger partial charge on any atom is -0.397 e. The Morgan fingerprint density at radius 3 is 2.78 bits per heavy atom. The third-order valence-corrected chi connectivity index (χ3v) is 3.68. The predicted molar refractivity (Wildman–Crippen MR) is 73.4 cm³/mol. The molecule has 0 bridgehead atoms. The van der Waals surface area contributed by atoms with E-state index in [4.69, 9.17) is 10.5 Å². The molecule has 0 atom stereocenters. The van der Waals surface area contributed by atoms with Crippen LogP contribution in [-0.2, 0) is 18.3 Å². The van der Waals surface area contributed by atoms with Crippen molar-refractivity contribution in [2.75, 3.05) is 32.0 Å². The molecule has 2 N–H and O–H groups in total. The smallest absolute Gasteiger partial charge is 0.0713 e. The minimum atomic E-state index is 0.839. The molecular formula is C14H19N3O. The fraction of sp³-hybridized carbons (Fsp3) is 0.429. The van der Waals surface area contributed by atoms with Crippen LogP contribution in [0.3, 0.4) is 0 Å². The average Bonchev–Trinajstić information content (AvgIpc) is 2.69. The zero-order valence-electron chi connectivity index (χ0n) is 10.7. The molecule has 1 aliphatic heterocycles. The number of nitrogen functional groups attached to an aromatic ring is 1. The van der Waals surface area contributed by atoms with Crippen LogP contribution >= 0.6 is 0 Å². The van der Waals surface area contributed by atoms with Crippen molar-refractivity contribution in [3.05, 3.63) is 30.0 Å². The van der Waals surface area contributed by atoms with Crippen molar-refractivity contribution in [2.24, 2.45) is 7.05 Å². The zero-order valence-corrected chi connectivity index (χ0v) is 10.7. The topological polar surface area (TPSA) is 43.4 Å². The highest BCUT2D eigenvalue weighted by Crippen LogP contribution is 2.25. The van der Waals surface area contributed by atoms with Gasteiger partial charge in [-0.1, -0.05) is 12.1 Å². The van der Waals surface area contributed by atoms with Gasteiger partial charge in [0.1, 0.15) is 0 Å². The average molecular weight is 245 g/mol. The number of para-hydroxylation sites is 1. The van der Waals surface area contributed by atoms with Gasteiger partial charge in [-0.05, 0) is 12.1 Å². The van der Waals surface area contributed by atoms with E-state index >= 15 is 0 Å². The van der Waals surface area contributed by atoms with Crippen molar-refractivity contribution in [3.63, 3.8) is 0 Å². The Morgan fingerprint density at radius 2 is 2.06 bits per heavy atom. The predicted octanol–water partition coefficient (Wildman–Crippen LogP) is 1.59. The number of hydrogen-bond donors (Lipinski definition) is 1. The second-order valence-corrected chi connectivity index (χ2v) is 4.87. The van der Waals surface area contributed by atoms with E-state index in [1.165, 1.54) is 11.1 Å². The van der Waals surface area contributed by atoms with Gasteiger partial charge in [-0.15, -0.1) is 0 Å². The number of nitrogens with zero attached hydrogens (tertiary/aromatic N) is 2. The van der Waals surface area contributed by atoms with Crippen LogP contribution in [-0.4, -0.2) is 35.8 Å². The fourth-order valence-electron chi connectivity index (χ4n) is 2.64. The van der Waals surface area contributed by atoms with Crippen molar-refractivity contribution in [2.45, 2.75) is 6.54 Å². The third-order valence-electron chi connectivity index (χ3n) is 3.68. The maximum atomic E-state index is 6.05. The van der Waals surface area contributed by atoms with Gasteiger partial charge in [0.15, 0.2) is 0 Å². The van der Waals surface area contributed by atoms with E-state index in [0.29, 0.717) is 0 Å². The Balaban J connectivity index is 1.92. The number of benzene rings is 1. The molecule has 3 rings (SSSR count). The number of rotatable bonds is 2. The molecule has 0 radical (unpaired) electrons. The molecule has 0 saturated carbocycles. The van der Waals surface area contributed by atoms with Gasteiger partial charge in [0.2, 0.25) is 0 Å². The summed E-state index contributed by atoms with van der Waals surface area (Å²) in [5, 5.41) is 1.22. The standard InChI is InChI=1S/C14H19N3O/c1-16-12(10-17-5-7-18-8-6-17)9-11-3-2-4-13(15)14(11)16/h2-4,9H,5-8,10,15H2,1H3. The largest absolute Gasteiger partial charge is 0.397 e. The molecule has 0 amide bonds. The molecule has 1 aromatic carbocycles. The van der Waals surface area contributed by atoms with Crippen LogP contribution in [0.4, 0.5) is 5.69 Å². The summed E-state index contributed by atoms with van der Waals surface area (Å²) in [4.78, 5) is 2.42. The third kappa shape index (κ3) is 1.98. The summed E-state index contributed by atoms with van der Waals surface area (Å²) in [6, 6.07) is 8.33. The van der Waals surface area contributed by atoms with Gasteiger partial charge in [-0.2, -0.15) is 0 Å². The Bertz CT molecular complexity index is 555. The molecule has 1 fully saturated rings. The summed E-state index contributed by atoms with van der Waals surface area (Å²) in [6.45, 7) is 4.67. The quantitative estimate of drug-likeness (QED) is 0.817. The normalized spacial score (nSPS) is 17.4. The number of anilines is 1. The molecule has 4 nitrogen and oxygen atoms in total. The lowest BCUT2D eigenvalue weighted by atomic mass is 10.2. The Labute approximate surface area is 107 Å². The first-order chi connectivity index (χ1) is 8.75. The highest BCUT2D eigenvalue weighted by molar-refractivity contribution is 5.91. The Morgan fingerprint density at radius 1 is 1.28 bits per heavy atom. The number of ether oxygens (including phenoxy) is 1. The van der Waals surface area contributed by atoms with E-state index in [9.17, 15) is 0 Å². The molecule has 4 heteroatoms. The first-order valence-electron chi connectivity index (χ1n) is 6.38. The molecule has 1 saturated heterocycles. The summed E-state index contributed by atoms with van der Waals surface area (Å²) in [7, 11) is 2.09. The van der Waals surface area contributed by atoms with Crippen LogP contribution in [0.25, 0.3) is 10.9 Å². The summed E-state index contributed by atoms with van der Waals surface area (Å²) in [5.41, 5.74) is 9.35. The zero-order chi connectivity index (χ0) is 12.5. The molecule has 0 spiro atoms. The summed E-state index contributed by atoms with van der Waals surface area (Å²) in [5.74, 6) is 0. The monoisotopic (exact) mass is 245 g/mol. The molecular weight excluding hydrogens is 226 g/mol. The van der Waals surface area contributed by atoms with E-state index in [-0.39, 0.29) is 0 Å². The van der Waals surface area contributed by atoms with Gasteiger partial charge in [0.25, 0.3) is 0 Å². The lowest BCUT2D eigenvalue weighted by Crippen LogP contribution is -2.36. The van der Waals surface area contributed by atoms with Gasteiger partial charge >= 0.3 is 0 Å².